The molecule has 0 N–H and O–H groups in total. The molecule has 5 heteroatoms. The number of benzene rings is 3. The summed E-state index contributed by atoms with van der Waals surface area (Å²) in [6.45, 7) is 0. The Kier molecular flexibility index (Phi) is 4.63. The lowest BCUT2D eigenvalue weighted by atomic mass is 10.1. The van der Waals surface area contributed by atoms with Crippen LogP contribution in [-0.2, 0) is 5.75 Å². The molecule has 0 saturated carbocycles. The van der Waals surface area contributed by atoms with Crippen LogP contribution in [0.2, 0.25) is 0 Å². The van der Waals surface area contributed by atoms with Gasteiger partial charge in [0.15, 0.2) is 0 Å². The summed E-state index contributed by atoms with van der Waals surface area (Å²) in [6.07, 6.45) is 0. The van der Waals surface area contributed by atoms with Crippen LogP contribution in [0.25, 0.3) is 22.0 Å². The van der Waals surface area contributed by atoms with Crippen LogP contribution >= 0.6 is 11.8 Å². The zero-order valence-electron chi connectivity index (χ0n) is 13.7. The van der Waals surface area contributed by atoms with Gasteiger partial charge in [-0.2, -0.15) is 0 Å². The summed E-state index contributed by atoms with van der Waals surface area (Å²) < 4.78 is 26.9. The summed E-state index contributed by atoms with van der Waals surface area (Å²) in [6, 6.07) is 21.4. The van der Waals surface area contributed by atoms with Gasteiger partial charge in [0.25, 0.3) is 0 Å². The first-order chi connectivity index (χ1) is 12.7. The minimum absolute atomic E-state index is 0.357. The highest BCUT2D eigenvalue weighted by molar-refractivity contribution is 7.98. The van der Waals surface area contributed by atoms with Crippen LogP contribution in [0.5, 0.6) is 0 Å². The Labute approximate surface area is 153 Å². The zero-order valence-corrected chi connectivity index (χ0v) is 14.5. The van der Waals surface area contributed by atoms with Gasteiger partial charge in [-0.25, -0.2) is 8.78 Å². The summed E-state index contributed by atoms with van der Waals surface area (Å²) in [4.78, 5) is 0. The summed E-state index contributed by atoms with van der Waals surface area (Å²) in [5, 5.41) is 11.5. The maximum atomic E-state index is 13.9. The molecule has 0 saturated heterocycles. The Hall–Kier alpha value is -2.79. The lowest BCUT2D eigenvalue weighted by molar-refractivity contribution is 0.576. The fraction of sp³-hybridized carbons (Fsp3) is 0.0476. The SMILES string of the molecule is Fc1ccc(CSc2nnc(-c3ccccc3)c3ccccc23)c(F)c1. The molecule has 1 aromatic heterocycles. The predicted molar refractivity (Wildman–Crippen MR) is 101 cm³/mol. The number of thioether (sulfide) groups is 1. The average Bonchev–Trinajstić information content (AvgIpc) is 2.68. The van der Waals surface area contributed by atoms with Crippen molar-refractivity contribution in [2.24, 2.45) is 0 Å². The van der Waals surface area contributed by atoms with Gasteiger partial charge in [-0.1, -0.05) is 72.4 Å². The molecule has 4 rings (SSSR count). The molecular formula is C21H14F2N2S. The van der Waals surface area contributed by atoms with Gasteiger partial charge in [0.05, 0.1) is 0 Å². The van der Waals surface area contributed by atoms with E-state index in [0.717, 1.165) is 33.1 Å². The van der Waals surface area contributed by atoms with Crippen LogP contribution < -0.4 is 0 Å². The van der Waals surface area contributed by atoms with Crippen molar-refractivity contribution < 1.29 is 8.78 Å². The smallest absolute Gasteiger partial charge is 0.130 e. The molecule has 26 heavy (non-hydrogen) atoms. The highest BCUT2D eigenvalue weighted by Crippen LogP contribution is 2.33. The van der Waals surface area contributed by atoms with Gasteiger partial charge in [0.1, 0.15) is 22.4 Å². The third-order valence-electron chi connectivity index (χ3n) is 4.08. The molecule has 0 aliphatic rings. The second kappa shape index (κ2) is 7.22. The molecule has 0 unspecified atom stereocenters. The van der Waals surface area contributed by atoms with Crippen molar-refractivity contribution in [2.75, 3.05) is 0 Å². The molecule has 4 aromatic rings. The fourth-order valence-corrected chi connectivity index (χ4v) is 3.74. The van der Waals surface area contributed by atoms with Gasteiger partial charge in [0, 0.05) is 28.2 Å². The van der Waals surface area contributed by atoms with Crippen LogP contribution in [0.15, 0.2) is 77.8 Å². The highest BCUT2D eigenvalue weighted by atomic mass is 32.2. The Morgan fingerprint density at radius 3 is 2.27 bits per heavy atom. The van der Waals surface area contributed by atoms with Crippen LogP contribution in [0.4, 0.5) is 8.78 Å². The zero-order chi connectivity index (χ0) is 17.9. The predicted octanol–water partition coefficient (Wildman–Crippen LogP) is 5.87. The van der Waals surface area contributed by atoms with Gasteiger partial charge < -0.3 is 0 Å². The third kappa shape index (κ3) is 3.30. The van der Waals surface area contributed by atoms with Crippen LogP contribution in [-0.4, -0.2) is 10.2 Å². The van der Waals surface area contributed by atoms with Crippen molar-refractivity contribution in [2.45, 2.75) is 10.8 Å². The van der Waals surface area contributed by atoms with E-state index in [2.05, 4.69) is 10.2 Å². The van der Waals surface area contributed by atoms with E-state index in [0.29, 0.717) is 11.3 Å². The van der Waals surface area contributed by atoms with E-state index in [1.165, 1.54) is 23.9 Å². The summed E-state index contributed by atoms with van der Waals surface area (Å²) in [7, 11) is 0. The Morgan fingerprint density at radius 2 is 1.50 bits per heavy atom. The van der Waals surface area contributed by atoms with Crippen molar-refractivity contribution >= 4 is 22.5 Å². The maximum Gasteiger partial charge on any atom is 0.130 e. The van der Waals surface area contributed by atoms with Crippen LogP contribution in [0, 0.1) is 11.6 Å². The lowest BCUT2D eigenvalue weighted by Gasteiger charge is -2.09. The molecule has 2 nitrogen and oxygen atoms in total. The first-order valence-corrected chi connectivity index (χ1v) is 9.08. The van der Waals surface area contributed by atoms with Crippen molar-refractivity contribution in [1.29, 1.82) is 0 Å². The van der Waals surface area contributed by atoms with Gasteiger partial charge in [-0.3, -0.25) is 0 Å². The minimum Gasteiger partial charge on any atom is -0.207 e. The number of hydrogen-bond acceptors (Lipinski definition) is 3. The van der Waals surface area contributed by atoms with E-state index in [4.69, 9.17) is 0 Å². The minimum atomic E-state index is -0.575. The second-order valence-corrected chi connectivity index (χ2v) is 6.75. The molecule has 0 aliphatic heterocycles. The van der Waals surface area contributed by atoms with E-state index >= 15 is 0 Å². The van der Waals surface area contributed by atoms with E-state index < -0.39 is 11.6 Å². The number of halogens is 2. The number of aromatic nitrogens is 2. The maximum absolute atomic E-state index is 13.9. The molecule has 0 spiro atoms. The molecule has 0 amide bonds. The monoisotopic (exact) mass is 364 g/mol. The first-order valence-electron chi connectivity index (χ1n) is 8.10. The van der Waals surface area contributed by atoms with E-state index in [1.807, 2.05) is 54.6 Å². The van der Waals surface area contributed by atoms with Crippen LogP contribution in [0.3, 0.4) is 0 Å². The van der Waals surface area contributed by atoms with Crippen molar-refractivity contribution in [3.63, 3.8) is 0 Å². The molecule has 1 heterocycles. The van der Waals surface area contributed by atoms with Crippen molar-refractivity contribution in [3.8, 4) is 11.3 Å². The Bertz CT molecular complexity index is 1070. The van der Waals surface area contributed by atoms with Crippen molar-refractivity contribution in [3.05, 3.63) is 90.0 Å². The summed E-state index contributed by atoms with van der Waals surface area (Å²) in [5.41, 5.74) is 2.25. The second-order valence-electron chi connectivity index (χ2n) is 5.79. The number of hydrogen-bond donors (Lipinski definition) is 0. The standard InChI is InChI=1S/C21H14F2N2S/c22-16-11-10-15(19(23)12-16)13-26-21-18-9-5-4-8-17(18)20(24-25-21)14-6-2-1-3-7-14/h1-12H,13H2. The molecule has 0 bridgehead atoms. The quantitative estimate of drug-likeness (QED) is 0.424. The highest BCUT2D eigenvalue weighted by Gasteiger charge is 2.12. The molecule has 0 radical (unpaired) electrons. The summed E-state index contributed by atoms with van der Waals surface area (Å²) >= 11 is 1.39. The number of nitrogens with zero attached hydrogens (tertiary/aromatic N) is 2. The molecular weight excluding hydrogens is 350 g/mol. The molecule has 128 valence electrons. The fourth-order valence-electron chi connectivity index (χ4n) is 2.78. The van der Waals surface area contributed by atoms with E-state index in [1.54, 1.807) is 0 Å². The third-order valence-corrected chi connectivity index (χ3v) is 5.11. The number of rotatable bonds is 4. The van der Waals surface area contributed by atoms with Gasteiger partial charge >= 0.3 is 0 Å². The lowest BCUT2D eigenvalue weighted by Crippen LogP contribution is -1.95. The largest absolute Gasteiger partial charge is 0.207 e. The topological polar surface area (TPSA) is 25.8 Å². The molecule has 3 aromatic carbocycles. The number of fused-ring (bicyclic) bond motifs is 1. The average molecular weight is 364 g/mol. The normalized spacial score (nSPS) is 11.0. The van der Waals surface area contributed by atoms with E-state index in [-0.39, 0.29) is 0 Å². The molecule has 0 aliphatic carbocycles. The molecule has 0 atom stereocenters. The first kappa shape index (κ1) is 16.7. The van der Waals surface area contributed by atoms with Crippen molar-refractivity contribution in [1.82, 2.24) is 10.2 Å². The van der Waals surface area contributed by atoms with Gasteiger partial charge in [0.2, 0.25) is 0 Å². The van der Waals surface area contributed by atoms with Gasteiger partial charge in [-0.05, 0) is 11.6 Å². The summed E-state index contributed by atoms with van der Waals surface area (Å²) in [5.74, 6) is -0.764. The Morgan fingerprint density at radius 1 is 0.769 bits per heavy atom. The Balaban J connectivity index is 1.71. The molecule has 0 fully saturated rings. The van der Waals surface area contributed by atoms with Gasteiger partial charge in [-0.15, -0.1) is 10.2 Å². The van der Waals surface area contributed by atoms with Crippen LogP contribution in [0.1, 0.15) is 5.56 Å². The van der Waals surface area contributed by atoms with E-state index in [9.17, 15) is 8.78 Å².